The van der Waals surface area contributed by atoms with Crippen molar-refractivity contribution in [3.05, 3.63) is 65.4 Å². The van der Waals surface area contributed by atoms with Gasteiger partial charge in [0.1, 0.15) is 17.7 Å². The molecule has 0 spiro atoms. The number of alkyl halides is 3. The second-order valence-electron chi connectivity index (χ2n) is 10.4. The van der Waals surface area contributed by atoms with Crippen molar-refractivity contribution in [2.24, 2.45) is 0 Å². The van der Waals surface area contributed by atoms with Crippen molar-refractivity contribution in [1.82, 2.24) is 29.7 Å². The van der Waals surface area contributed by atoms with Crippen LogP contribution in [0.25, 0.3) is 11.3 Å². The van der Waals surface area contributed by atoms with Gasteiger partial charge in [-0.3, -0.25) is 4.79 Å². The average Bonchev–Trinajstić information content (AvgIpc) is 3.26. The molecule has 41 heavy (non-hydrogen) atoms. The highest BCUT2D eigenvalue weighted by molar-refractivity contribution is 5.78. The molecule has 2 amide bonds. The number of carbonyl (C=O) groups is 2. The summed E-state index contributed by atoms with van der Waals surface area (Å²) in [4.78, 5) is 38.5. The lowest BCUT2D eigenvalue weighted by molar-refractivity contribution is -0.148. The number of aromatic nitrogens is 4. The quantitative estimate of drug-likeness (QED) is 0.335. The van der Waals surface area contributed by atoms with Gasteiger partial charge in [0.25, 0.3) is 0 Å². The van der Waals surface area contributed by atoms with Crippen molar-refractivity contribution >= 4 is 12.0 Å². The molecule has 0 saturated heterocycles. The number of halogens is 6. The summed E-state index contributed by atoms with van der Waals surface area (Å²) >= 11 is 0. The Hall–Kier alpha value is -4.17. The van der Waals surface area contributed by atoms with E-state index in [1.165, 1.54) is 23.6 Å². The van der Waals surface area contributed by atoms with Crippen LogP contribution in [0.4, 0.5) is 31.1 Å². The molecule has 1 N–H and O–H groups in total. The summed E-state index contributed by atoms with van der Waals surface area (Å²) in [5.41, 5.74) is -0.919. The molecule has 9 nitrogen and oxygen atoms in total. The monoisotopic (exact) mass is 584 g/mol. The summed E-state index contributed by atoms with van der Waals surface area (Å²) in [5.74, 6) is -5.52. The van der Waals surface area contributed by atoms with Crippen molar-refractivity contribution in [2.45, 2.75) is 64.5 Å². The van der Waals surface area contributed by atoms with Crippen molar-refractivity contribution in [1.29, 1.82) is 0 Å². The zero-order valence-electron chi connectivity index (χ0n) is 22.2. The molecule has 1 aromatic carbocycles. The fourth-order valence-corrected chi connectivity index (χ4v) is 4.42. The maximum Gasteiger partial charge on any atom is 0.449 e. The molecule has 220 valence electrons. The van der Waals surface area contributed by atoms with Crippen molar-refractivity contribution in [3.8, 4) is 11.3 Å². The Morgan fingerprint density at radius 1 is 1.02 bits per heavy atom. The Balaban J connectivity index is 1.59. The third-order valence-electron chi connectivity index (χ3n) is 6.14. The third kappa shape index (κ3) is 7.13. The molecular weight excluding hydrogens is 558 g/mol. The second kappa shape index (κ2) is 11.4. The molecule has 0 bridgehead atoms. The van der Waals surface area contributed by atoms with E-state index in [2.05, 4.69) is 20.3 Å². The Morgan fingerprint density at radius 2 is 1.68 bits per heavy atom. The molecule has 0 radical (unpaired) electrons. The van der Waals surface area contributed by atoms with E-state index in [-0.39, 0.29) is 42.1 Å². The van der Waals surface area contributed by atoms with Gasteiger partial charge in [-0.2, -0.15) is 13.2 Å². The molecule has 4 rings (SSSR count). The predicted octanol–water partition coefficient (Wildman–Crippen LogP) is 4.64. The summed E-state index contributed by atoms with van der Waals surface area (Å²) in [6.45, 7) is 4.20. The molecule has 2 aromatic heterocycles. The lowest BCUT2D eigenvalue weighted by atomic mass is 10.0. The Labute approximate surface area is 230 Å². The number of ether oxygens (including phenoxy) is 1. The van der Waals surface area contributed by atoms with Crippen molar-refractivity contribution in [3.63, 3.8) is 0 Å². The highest BCUT2D eigenvalue weighted by atomic mass is 19.4. The van der Waals surface area contributed by atoms with Crippen LogP contribution >= 0.6 is 0 Å². The standard InChI is InChI=1S/C26H26F6N6O3/c1-25(2,3)41-24(40)35-16(6-14-7-18(28)19(29)9-17(14)27)8-21(39)37-4-5-38-20(12-37)22(15-10-33-13-34-11-15)36-23(38)26(30,31)32/h7,9-11,13,16H,4-6,8,12H2,1-3H3,(H,35,40)/t16-/m1/s1. The van der Waals surface area contributed by atoms with Crippen LogP contribution in [0.15, 0.2) is 30.9 Å². The molecule has 3 aromatic rings. The summed E-state index contributed by atoms with van der Waals surface area (Å²) in [6.07, 6.45) is -2.72. The number of rotatable bonds is 6. The van der Waals surface area contributed by atoms with Crippen LogP contribution < -0.4 is 5.32 Å². The Bertz CT molecular complexity index is 1440. The van der Waals surface area contributed by atoms with Gasteiger partial charge in [0.2, 0.25) is 11.7 Å². The number of carbonyl (C=O) groups excluding carboxylic acids is 2. The normalized spacial score (nSPS) is 14.4. The first-order valence-electron chi connectivity index (χ1n) is 12.4. The van der Waals surface area contributed by atoms with Crippen LogP contribution in [0.5, 0.6) is 0 Å². The predicted molar refractivity (Wildman–Crippen MR) is 131 cm³/mol. The van der Waals surface area contributed by atoms with E-state index < -0.39 is 65.9 Å². The number of nitrogens with one attached hydrogen (secondary N) is 1. The van der Waals surface area contributed by atoms with E-state index in [4.69, 9.17) is 4.74 Å². The Kier molecular flexibility index (Phi) is 8.27. The summed E-state index contributed by atoms with van der Waals surface area (Å²) in [6, 6.07) is -0.141. The van der Waals surface area contributed by atoms with Gasteiger partial charge in [-0.05, 0) is 38.8 Å². The van der Waals surface area contributed by atoms with E-state index in [1.807, 2.05) is 0 Å². The number of hydrogen-bond donors (Lipinski definition) is 1. The molecule has 0 fully saturated rings. The van der Waals surface area contributed by atoms with E-state index in [0.717, 1.165) is 4.57 Å². The first kappa shape index (κ1) is 29.8. The molecule has 1 atom stereocenters. The molecular formula is C26H26F6N6O3. The van der Waals surface area contributed by atoms with Gasteiger partial charge in [-0.25, -0.2) is 32.9 Å². The number of fused-ring (bicyclic) bond motifs is 1. The van der Waals surface area contributed by atoms with Gasteiger partial charge in [-0.1, -0.05) is 0 Å². The number of benzene rings is 1. The van der Waals surface area contributed by atoms with E-state index in [9.17, 15) is 35.9 Å². The van der Waals surface area contributed by atoms with Crippen molar-refractivity contribution < 1.29 is 40.7 Å². The summed E-state index contributed by atoms with van der Waals surface area (Å²) in [7, 11) is 0. The number of hydrogen-bond acceptors (Lipinski definition) is 6. The smallest absolute Gasteiger partial charge is 0.444 e. The zero-order valence-corrected chi connectivity index (χ0v) is 22.2. The van der Waals surface area contributed by atoms with Crippen LogP contribution in [0.2, 0.25) is 0 Å². The third-order valence-corrected chi connectivity index (χ3v) is 6.14. The minimum Gasteiger partial charge on any atom is -0.444 e. The average molecular weight is 585 g/mol. The fourth-order valence-electron chi connectivity index (χ4n) is 4.42. The molecule has 0 aliphatic carbocycles. The largest absolute Gasteiger partial charge is 0.449 e. The van der Waals surface area contributed by atoms with Crippen LogP contribution in [0, 0.1) is 17.5 Å². The molecule has 0 saturated carbocycles. The maximum absolute atomic E-state index is 14.4. The lowest BCUT2D eigenvalue weighted by Crippen LogP contribution is -2.45. The van der Waals surface area contributed by atoms with E-state index >= 15 is 0 Å². The molecule has 1 aliphatic heterocycles. The zero-order chi connectivity index (χ0) is 30.1. The van der Waals surface area contributed by atoms with Gasteiger partial charge in [0.15, 0.2) is 11.6 Å². The fraction of sp³-hybridized carbons (Fsp3) is 0.423. The van der Waals surface area contributed by atoms with E-state index in [1.54, 1.807) is 20.8 Å². The topological polar surface area (TPSA) is 102 Å². The highest BCUT2D eigenvalue weighted by Crippen LogP contribution is 2.35. The summed E-state index contributed by atoms with van der Waals surface area (Å²) in [5, 5.41) is 2.46. The molecule has 0 unspecified atom stereocenters. The highest BCUT2D eigenvalue weighted by Gasteiger charge is 2.41. The van der Waals surface area contributed by atoms with Crippen molar-refractivity contribution in [2.75, 3.05) is 6.54 Å². The minimum absolute atomic E-state index is 0.0392. The number of imidazole rings is 1. The van der Waals surface area contributed by atoms with Crippen LogP contribution in [0.1, 0.15) is 44.3 Å². The van der Waals surface area contributed by atoms with Gasteiger partial charge in [0.05, 0.1) is 17.9 Å². The van der Waals surface area contributed by atoms with Gasteiger partial charge in [0, 0.05) is 49.6 Å². The maximum atomic E-state index is 14.4. The number of amides is 2. The second-order valence-corrected chi connectivity index (χ2v) is 10.4. The van der Waals surface area contributed by atoms with Crippen LogP contribution in [-0.2, 0) is 35.2 Å². The summed E-state index contributed by atoms with van der Waals surface area (Å²) < 4.78 is 89.1. The van der Waals surface area contributed by atoms with Gasteiger partial charge < -0.3 is 19.5 Å². The first-order valence-corrected chi connectivity index (χ1v) is 12.4. The number of alkyl carbamates (subject to hydrolysis) is 1. The SMILES string of the molecule is CC(C)(C)OC(=O)N[C@@H](CC(=O)N1CCn2c(C(F)(F)F)nc(-c3cncnc3)c2C1)Cc1cc(F)c(F)cc1F. The Morgan fingerprint density at radius 3 is 2.32 bits per heavy atom. The lowest BCUT2D eigenvalue weighted by Gasteiger charge is -2.31. The molecule has 15 heteroatoms. The molecule has 3 heterocycles. The first-order chi connectivity index (χ1) is 19.1. The van der Waals surface area contributed by atoms with Crippen LogP contribution in [0.3, 0.4) is 0 Å². The van der Waals surface area contributed by atoms with E-state index in [0.29, 0.717) is 12.1 Å². The number of nitrogens with zero attached hydrogens (tertiary/aromatic N) is 5. The van der Waals surface area contributed by atoms with Crippen LogP contribution in [-0.4, -0.2) is 54.6 Å². The molecule has 1 aliphatic rings. The van der Waals surface area contributed by atoms with Gasteiger partial charge >= 0.3 is 12.3 Å². The van der Waals surface area contributed by atoms with Gasteiger partial charge in [-0.15, -0.1) is 0 Å². The minimum atomic E-state index is -4.76.